The van der Waals surface area contributed by atoms with Crippen molar-refractivity contribution in [1.29, 1.82) is 0 Å². The Balaban J connectivity index is 1.61. The lowest BCUT2D eigenvalue weighted by Gasteiger charge is -2.36. The second kappa shape index (κ2) is 8.07. The van der Waals surface area contributed by atoms with Crippen molar-refractivity contribution < 1.29 is 9.53 Å². The fourth-order valence-corrected chi connectivity index (χ4v) is 3.52. The lowest BCUT2D eigenvalue weighted by atomic mass is 10.2. The van der Waals surface area contributed by atoms with Crippen LogP contribution in [0.2, 0.25) is 0 Å². The Morgan fingerprint density at radius 2 is 2.04 bits per heavy atom. The molecule has 7 nitrogen and oxygen atoms in total. The summed E-state index contributed by atoms with van der Waals surface area (Å²) in [5, 5.41) is 7.17. The van der Waals surface area contributed by atoms with E-state index in [1.807, 2.05) is 18.7 Å². The van der Waals surface area contributed by atoms with Crippen LogP contribution in [0.15, 0.2) is 0 Å². The normalized spacial score (nSPS) is 24.6. The quantitative estimate of drug-likeness (QED) is 0.903. The summed E-state index contributed by atoms with van der Waals surface area (Å²) in [4.78, 5) is 21.6. The number of hydrogen-bond donors (Lipinski definition) is 1. The molecule has 0 aromatic carbocycles. The fraction of sp³-hybridized carbons (Fsp3) is 0.824. The smallest absolute Gasteiger partial charge is 0.239 e. The third-order valence-electron chi connectivity index (χ3n) is 5.10. The summed E-state index contributed by atoms with van der Waals surface area (Å²) in [6.07, 6.45) is 5.54. The van der Waals surface area contributed by atoms with Gasteiger partial charge < -0.3 is 9.64 Å². The molecule has 2 saturated heterocycles. The van der Waals surface area contributed by atoms with Gasteiger partial charge in [-0.15, -0.1) is 0 Å². The van der Waals surface area contributed by atoms with Crippen LogP contribution in [-0.4, -0.2) is 69.7 Å². The maximum Gasteiger partial charge on any atom is 0.239 e. The van der Waals surface area contributed by atoms with Crippen molar-refractivity contribution in [3.8, 4) is 0 Å². The number of aromatic nitrogens is 3. The molecule has 0 spiro atoms. The molecule has 134 valence electrons. The summed E-state index contributed by atoms with van der Waals surface area (Å²) in [5.74, 6) is 1.72. The van der Waals surface area contributed by atoms with E-state index in [0.29, 0.717) is 25.5 Å². The largest absolute Gasteiger partial charge is 0.366 e. The number of amides is 1. The number of likely N-dealkylation sites (tertiary alicyclic amines) is 1. The summed E-state index contributed by atoms with van der Waals surface area (Å²) in [5.41, 5.74) is 0. The molecule has 2 fully saturated rings. The Hall–Kier alpha value is -1.47. The first-order valence-corrected chi connectivity index (χ1v) is 9.24. The van der Waals surface area contributed by atoms with Crippen LogP contribution in [0.5, 0.6) is 0 Å². The van der Waals surface area contributed by atoms with Crippen molar-refractivity contribution >= 4 is 5.91 Å². The van der Waals surface area contributed by atoms with Crippen molar-refractivity contribution in [3.05, 3.63) is 11.6 Å². The van der Waals surface area contributed by atoms with E-state index >= 15 is 0 Å². The number of morpholine rings is 1. The molecule has 1 amide bonds. The monoisotopic (exact) mass is 335 g/mol. The number of ether oxygens (including phenoxy) is 1. The molecule has 2 atom stereocenters. The number of rotatable bonds is 4. The van der Waals surface area contributed by atoms with Gasteiger partial charge in [0.2, 0.25) is 5.91 Å². The molecule has 3 rings (SSSR count). The van der Waals surface area contributed by atoms with Gasteiger partial charge in [-0.25, -0.2) is 4.98 Å². The van der Waals surface area contributed by atoms with Crippen molar-refractivity contribution in [1.82, 2.24) is 25.0 Å². The number of aromatic amines is 1. The van der Waals surface area contributed by atoms with Crippen molar-refractivity contribution in [3.63, 3.8) is 0 Å². The molecule has 7 heteroatoms. The second-order valence-electron chi connectivity index (χ2n) is 6.76. The summed E-state index contributed by atoms with van der Waals surface area (Å²) in [6, 6.07) is -0.0554. The Morgan fingerprint density at radius 3 is 2.71 bits per heavy atom. The maximum absolute atomic E-state index is 12.9. The van der Waals surface area contributed by atoms with Crippen LogP contribution in [0.3, 0.4) is 0 Å². The molecule has 0 radical (unpaired) electrons. The molecule has 0 saturated carbocycles. The highest BCUT2D eigenvalue weighted by Gasteiger charge is 2.32. The first-order valence-electron chi connectivity index (χ1n) is 9.24. The zero-order valence-corrected chi connectivity index (χ0v) is 14.8. The van der Waals surface area contributed by atoms with Crippen LogP contribution >= 0.6 is 0 Å². The average Bonchev–Trinajstić information content (AvgIpc) is 2.95. The van der Waals surface area contributed by atoms with Gasteiger partial charge in [0.05, 0.1) is 19.2 Å². The maximum atomic E-state index is 12.9. The number of nitrogens with one attached hydrogen (secondary N) is 1. The van der Waals surface area contributed by atoms with Gasteiger partial charge in [0.15, 0.2) is 5.82 Å². The average molecular weight is 335 g/mol. The Kier molecular flexibility index (Phi) is 5.84. The Labute approximate surface area is 143 Å². The Morgan fingerprint density at radius 1 is 1.29 bits per heavy atom. The molecule has 1 aromatic heterocycles. The highest BCUT2D eigenvalue weighted by molar-refractivity contribution is 5.81. The van der Waals surface area contributed by atoms with E-state index < -0.39 is 0 Å². The number of hydrogen-bond acceptors (Lipinski definition) is 5. The first kappa shape index (κ1) is 17.4. The van der Waals surface area contributed by atoms with Gasteiger partial charge in [-0.05, 0) is 32.9 Å². The molecule has 3 heterocycles. The van der Waals surface area contributed by atoms with Crippen LogP contribution in [0.1, 0.15) is 57.3 Å². The van der Waals surface area contributed by atoms with E-state index in [-0.39, 0.29) is 18.1 Å². The Bertz CT molecular complexity index is 539. The number of carbonyl (C=O) groups is 1. The highest BCUT2D eigenvalue weighted by atomic mass is 16.5. The summed E-state index contributed by atoms with van der Waals surface area (Å²) in [6.45, 7) is 7.86. The fourth-order valence-electron chi connectivity index (χ4n) is 3.52. The van der Waals surface area contributed by atoms with Crippen molar-refractivity contribution in [2.24, 2.45) is 0 Å². The second-order valence-corrected chi connectivity index (χ2v) is 6.76. The molecule has 0 bridgehead atoms. The van der Waals surface area contributed by atoms with E-state index in [0.717, 1.165) is 25.3 Å². The van der Waals surface area contributed by atoms with Crippen LogP contribution < -0.4 is 0 Å². The zero-order chi connectivity index (χ0) is 16.9. The minimum atomic E-state index is -0.226. The first-order chi connectivity index (χ1) is 11.7. The van der Waals surface area contributed by atoms with E-state index in [1.54, 1.807) is 0 Å². The van der Waals surface area contributed by atoms with Crippen LogP contribution in [0.4, 0.5) is 0 Å². The lowest BCUT2D eigenvalue weighted by molar-refractivity contribution is -0.144. The molecule has 0 unspecified atom stereocenters. The number of aryl methyl sites for hydroxylation is 1. The molecule has 2 aliphatic rings. The topological polar surface area (TPSA) is 74.3 Å². The predicted octanol–water partition coefficient (Wildman–Crippen LogP) is 1.53. The van der Waals surface area contributed by atoms with Gasteiger partial charge in [-0.1, -0.05) is 19.8 Å². The standard InChI is InChI=1S/C17H29N5O2/c1-3-15-18-16(20-19-15)14-12-22(10-11-24-14)17(23)13(2)21-8-6-4-5-7-9-21/h13-14H,3-12H2,1-2H3,(H,18,19,20)/t13-,14-/m1/s1. The van der Waals surface area contributed by atoms with Gasteiger partial charge in [-0.3, -0.25) is 14.8 Å². The zero-order valence-electron chi connectivity index (χ0n) is 14.8. The van der Waals surface area contributed by atoms with E-state index in [1.165, 1.54) is 25.7 Å². The SMILES string of the molecule is CCc1nc([C@H]2CN(C(=O)[C@@H](C)N3CCCCCC3)CCO2)n[nH]1. The van der Waals surface area contributed by atoms with Gasteiger partial charge in [0.25, 0.3) is 0 Å². The lowest BCUT2D eigenvalue weighted by Crippen LogP contribution is -2.51. The third-order valence-corrected chi connectivity index (χ3v) is 5.10. The van der Waals surface area contributed by atoms with Gasteiger partial charge in [-0.2, -0.15) is 5.10 Å². The van der Waals surface area contributed by atoms with E-state index in [9.17, 15) is 4.79 Å². The molecule has 1 aromatic rings. The summed E-state index contributed by atoms with van der Waals surface area (Å²) < 4.78 is 5.79. The van der Waals surface area contributed by atoms with Crippen LogP contribution in [-0.2, 0) is 16.0 Å². The van der Waals surface area contributed by atoms with Crippen molar-refractivity contribution in [2.75, 3.05) is 32.8 Å². The molecule has 24 heavy (non-hydrogen) atoms. The van der Waals surface area contributed by atoms with Crippen LogP contribution in [0, 0.1) is 0 Å². The number of nitrogens with zero attached hydrogens (tertiary/aromatic N) is 4. The third kappa shape index (κ3) is 3.95. The minimum Gasteiger partial charge on any atom is -0.366 e. The van der Waals surface area contributed by atoms with Gasteiger partial charge in [0, 0.05) is 13.0 Å². The molecule has 2 aliphatic heterocycles. The molecular weight excluding hydrogens is 306 g/mol. The van der Waals surface area contributed by atoms with Crippen LogP contribution in [0.25, 0.3) is 0 Å². The number of carbonyl (C=O) groups excluding carboxylic acids is 1. The minimum absolute atomic E-state index is 0.0554. The molecular formula is C17H29N5O2. The van der Waals surface area contributed by atoms with Gasteiger partial charge >= 0.3 is 0 Å². The molecule has 1 N–H and O–H groups in total. The van der Waals surface area contributed by atoms with Crippen molar-refractivity contribution in [2.45, 2.75) is 58.1 Å². The number of H-pyrrole nitrogens is 1. The van der Waals surface area contributed by atoms with E-state index in [4.69, 9.17) is 4.74 Å². The molecule has 0 aliphatic carbocycles. The highest BCUT2D eigenvalue weighted by Crippen LogP contribution is 2.21. The van der Waals surface area contributed by atoms with E-state index in [2.05, 4.69) is 20.1 Å². The summed E-state index contributed by atoms with van der Waals surface area (Å²) >= 11 is 0. The predicted molar refractivity (Wildman–Crippen MR) is 90.5 cm³/mol. The summed E-state index contributed by atoms with van der Waals surface area (Å²) in [7, 11) is 0. The van der Waals surface area contributed by atoms with Gasteiger partial charge in [0.1, 0.15) is 11.9 Å².